The van der Waals surface area contributed by atoms with Crippen LogP contribution >= 0.6 is 22.9 Å². The molecule has 0 fully saturated rings. The van der Waals surface area contributed by atoms with Crippen molar-refractivity contribution in [2.24, 2.45) is 0 Å². The number of amides is 1. The molecule has 0 aliphatic heterocycles. The fraction of sp³-hybridized carbons (Fsp3) is 0.267. The molecular formula is C30H29ClN2O5S. The predicted octanol–water partition coefficient (Wildman–Crippen LogP) is 7.62. The van der Waals surface area contributed by atoms with Crippen molar-refractivity contribution in [2.45, 2.75) is 53.8 Å². The fourth-order valence-corrected chi connectivity index (χ4v) is 5.44. The van der Waals surface area contributed by atoms with Gasteiger partial charge in [0.05, 0.1) is 34.5 Å². The van der Waals surface area contributed by atoms with E-state index in [0.717, 1.165) is 16.9 Å². The van der Waals surface area contributed by atoms with Gasteiger partial charge in [0.2, 0.25) is 0 Å². The Kier molecular flexibility index (Phi) is 8.37. The Morgan fingerprint density at radius 1 is 0.846 bits per heavy atom. The molecule has 202 valence electrons. The zero-order valence-corrected chi connectivity index (χ0v) is 24.1. The standard InChI is InChI=1S/C30H29ClN2O5S/c1-15(2)37-29(35)24-18(6)26(30(36)38-16(3)4)39-28(24)33-27(34)23-17(5)25(19-11-13-20(31)14-12-19)32-22-10-8-7-9-21(22)23/h7-16H,1-6H3,(H,33,34). The van der Waals surface area contributed by atoms with E-state index >= 15 is 0 Å². The number of nitrogens with zero attached hydrogens (tertiary/aromatic N) is 1. The lowest BCUT2D eigenvalue weighted by molar-refractivity contribution is 0.0378. The molecule has 0 bridgehead atoms. The summed E-state index contributed by atoms with van der Waals surface area (Å²) in [5, 5.41) is 4.36. The van der Waals surface area contributed by atoms with E-state index in [0.29, 0.717) is 38.3 Å². The summed E-state index contributed by atoms with van der Waals surface area (Å²) in [6, 6.07) is 14.6. The maximum absolute atomic E-state index is 13.9. The monoisotopic (exact) mass is 564 g/mol. The van der Waals surface area contributed by atoms with Crippen molar-refractivity contribution >= 4 is 56.7 Å². The van der Waals surface area contributed by atoms with Crippen LogP contribution in [0.3, 0.4) is 0 Å². The minimum Gasteiger partial charge on any atom is -0.459 e. The van der Waals surface area contributed by atoms with Gasteiger partial charge < -0.3 is 14.8 Å². The maximum atomic E-state index is 13.9. The molecule has 0 atom stereocenters. The van der Waals surface area contributed by atoms with Crippen molar-refractivity contribution in [3.63, 3.8) is 0 Å². The number of thiophene rings is 1. The summed E-state index contributed by atoms with van der Waals surface area (Å²) >= 11 is 7.08. The van der Waals surface area contributed by atoms with Crippen LogP contribution in [0, 0.1) is 13.8 Å². The molecule has 2 aromatic heterocycles. The number of nitrogens with one attached hydrogen (secondary N) is 1. The van der Waals surface area contributed by atoms with Crippen LogP contribution < -0.4 is 5.32 Å². The molecular weight excluding hydrogens is 536 g/mol. The minimum absolute atomic E-state index is 0.131. The number of rotatable bonds is 7. The number of carbonyl (C=O) groups is 3. The lowest BCUT2D eigenvalue weighted by Gasteiger charge is -2.15. The van der Waals surface area contributed by atoms with Crippen molar-refractivity contribution < 1.29 is 23.9 Å². The van der Waals surface area contributed by atoms with E-state index in [-0.39, 0.29) is 27.6 Å². The number of benzene rings is 2. The molecule has 1 N–H and O–H groups in total. The number of anilines is 1. The first-order valence-corrected chi connectivity index (χ1v) is 13.7. The molecule has 4 aromatic rings. The van der Waals surface area contributed by atoms with E-state index in [4.69, 9.17) is 26.1 Å². The molecule has 0 aliphatic carbocycles. The SMILES string of the molecule is Cc1c(C(=O)OC(C)C)sc(NC(=O)c2c(C)c(-c3ccc(Cl)cc3)nc3ccccc23)c1C(=O)OC(C)C. The average Bonchev–Trinajstić information content (AvgIpc) is 3.19. The van der Waals surface area contributed by atoms with Gasteiger partial charge in [0.15, 0.2) is 0 Å². The van der Waals surface area contributed by atoms with E-state index in [1.807, 2.05) is 43.3 Å². The number of halogens is 1. The third kappa shape index (κ3) is 5.97. The van der Waals surface area contributed by atoms with Crippen LogP contribution in [0.1, 0.15) is 69.2 Å². The minimum atomic E-state index is -0.629. The number of hydrogen-bond acceptors (Lipinski definition) is 7. The van der Waals surface area contributed by atoms with Gasteiger partial charge in [-0.2, -0.15) is 0 Å². The number of para-hydroxylation sites is 1. The van der Waals surface area contributed by atoms with Crippen LogP contribution in [0.2, 0.25) is 5.02 Å². The molecule has 0 spiro atoms. The Hall–Kier alpha value is -3.75. The van der Waals surface area contributed by atoms with Gasteiger partial charge >= 0.3 is 11.9 Å². The number of carbonyl (C=O) groups excluding carboxylic acids is 3. The summed E-state index contributed by atoms with van der Waals surface area (Å²) < 4.78 is 10.8. The second-order valence-corrected chi connectivity index (χ2v) is 11.1. The van der Waals surface area contributed by atoms with E-state index in [1.54, 1.807) is 46.8 Å². The number of aromatic nitrogens is 1. The third-order valence-electron chi connectivity index (χ3n) is 5.93. The van der Waals surface area contributed by atoms with E-state index in [2.05, 4.69) is 5.32 Å². The average molecular weight is 565 g/mol. The van der Waals surface area contributed by atoms with Crippen LogP contribution in [0.15, 0.2) is 48.5 Å². The van der Waals surface area contributed by atoms with Gasteiger partial charge in [0.25, 0.3) is 5.91 Å². The van der Waals surface area contributed by atoms with Gasteiger partial charge in [0.1, 0.15) is 9.88 Å². The van der Waals surface area contributed by atoms with E-state index in [9.17, 15) is 14.4 Å². The molecule has 39 heavy (non-hydrogen) atoms. The smallest absolute Gasteiger partial charge is 0.348 e. The van der Waals surface area contributed by atoms with Crippen LogP contribution in [-0.4, -0.2) is 35.0 Å². The molecule has 7 nitrogen and oxygen atoms in total. The highest BCUT2D eigenvalue weighted by atomic mass is 35.5. The van der Waals surface area contributed by atoms with Crippen molar-refractivity contribution in [2.75, 3.05) is 5.32 Å². The molecule has 9 heteroatoms. The molecule has 0 saturated carbocycles. The van der Waals surface area contributed by atoms with Gasteiger partial charge in [-0.3, -0.25) is 4.79 Å². The van der Waals surface area contributed by atoms with Gasteiger partial charge in [-0.15, -0.1) is 11.3 Å². The highest BCUT2D eigenvalue weighted by Gasteiger charge is 2.29. The van der Waals surface area contributed by atoms with Crippen molar-refractivity contribution in [1.82, 2.24) is 4.98 Å². The van der Waals surface area contributed by atoms with Crippen molar-refractivity contribution in [3.8, 4) is 11.3 Å². The number of pyridine rings is 1. The van der Waals surface area contributed by atoms with Gasteiger partial charge in [-0.25, -0.2) is 14.6 Å². The molecule has 0 radical (unpaired) electrons. The first-order chi connectivity index (χ1) is 18.5. The van der Waals surface area contributed by atoms with Gasteiger partial charge in [-0.1, -0.05) is 41.9 Å². The fourth-order valence-electron chi connectivity index (χ4n) is 4.24. The van der Waals surface area contributed by atoms with E-state index < -0.39 is 17.8 Å². The summed E-state index contributed by atoms with van der Waals surface area (Å²) in [7, 11) is 0. The number of hydrogen-bond donors (Lipinski definition) is 1. The Balaban J connectivity index is 1.84. The van der Waals surface area contributed by atoms with Crippen LogP contribution in [0.5, 0.6) is 0 Å². The highest BCUT2D eigenvalue weighted by molar-refractivity contribution is 7.18. The predicted molar refractivity (Wildman–Crippen MR) is 155 cm³/mol. The molecule has 0 saturated heterocycles. The Bertz CT molecular complexity index is 1570. The van der Waals surface area contributed by atoms with Crippen LogP contribution in [-0.2, 0) is 9.47 Å². The first kappa shape index (κ1) is 28.3. The molecule has 2 aromatic carbocycles. The quantitative estimate of drug-likeness (QED) is 0.232. The second-order valence-electron chi connectivity index (χ2n) is 9.61. The molecule has 4 rings (SSSR count). The lowest BCUT2D eigenvalue weighted by Crippen LogP contribution is -2.18. The van der Waals surface area contributed by atoms with Crippen molar-refractivity contribution in [3.05, 3.63) is 80.7 Å². The number of esters is 2. The Morgan fingerprint density at radius 2 is 1.46 bits per heavy atom. The maximum Gasteiger partial charge on any atom is 0.348 e. The highest BCUT2D eigenvalue weighted by Crippen LogP contribution is 2.36. The van der Waals surface area contributed by atoms with Crippen LogP contribution in [0.25, 0.3) is 22.2 Å². The van der Waals surface area contributed by atoms with Gasteiger partial charge in [0, 0.05) is 16.0 Å². The summed E-state index contributed by atoms with van der Waals surface area (Å²) in [5.74, 6) is -1.64. The third-order valence-corrected chi connectivity index (χ3v) is 7.37. The summed E-state index contributed by atoms with van der Waals surface area (Å²) in [5.41, 5.74) is 3.68. The molecule has 0 aliphatic rings. The van der Waals surface area contributed by atoms with Crippen LogP contribution in [0.4, 0.5) is 5.00 Å². The summed E-state index contributed by atoms with van der Waals surface area (Å²) in [6.45, 7) is 10.4. The first-order valence-electron chi connectivity index (χ1n) is 12.5. The normalized spacial score (nSPS) is 11.2. The summed E-state index contributed by atoms with van der Waals surface area (Å²) in [4.78, 5) is 44.9. The zero-order chi connectivity index (χ0) is 28.4. The van der Waals surface area contributed by atoms with Gasteiger partial charge in [-0.05, 0) is 70.9 Å². The van der Waals surface area contributed by atoms with Crippen molar-refractivity contribution in [1.29, 1.82) is 0 Å². The molecule has 2 heterocycles. The second kappa shape index (κ2) is 11.6. The zero-order valence-electron chi connectivity index (χ0n) is 22.5. The number of fused-ring (bicyclic) bond motifs is 1. The van der Waals surface area contributed by atoms with E-state index in [1.165, 1.54) is 0 Å². The largest absolute Gasteiger partial charge is 0.459 e. The number of ether oxygens (including phenoxy) is 2. The summed E-state index contributed by atoms with van der Waals surface area (Å²) in [6.07, 6.45) is -0.736. The Morgan fingerprint density at radius 3 is 2.10 bits per heavy atom. The molecule has 1 amide bonds. The topological polar surface area (TPSA) is 94.6 Å². The lowest BCUT2D eigenvalue weighted by atomic mass is 9.97. The molecule has 0 unspecified atom stereocenters. The Labute approximate surface area is 236 Å².